The number of alkyl halides is 2. The van der Waals surface area contributed by atoms with Crippen molar-refractivity contribution in [1.82, 2.24) is 20.0 Å². The van der Waals surface area contributed by atoms with Crippen molar-refractivity contribution < 1.29 is 13.6 Å². The molecule has 4 aromatic rings. The summed E-state index contributed by atoms with van der Waals surface area (Å²) in [7, 11) is 0. The molecule has 0 aliphatic carbocycles. The first-order valence-electron chi connectivity index (χ1n) is 9.44. The van der Waals surface area contributed by atoms with Crippen LogP contribution in [0.25, 0.3) is 5.82 Å². The lowest BCUT2D eigenvalue weighted by molar-refractivity contribution is 0.101. The van der Waals surface area contributed by atoms with E-state index in [-0.39, 0.29) is 28.5 Å². The van der Waals surface area contributed by atoms with Crippen molar-refractivity contribution in [3.05, 3.63) is 102 Å². The number of rotatable bonds is 6. The predicted molar refractivity (Wildman–Crippen MR) is 112 cm³/mol. The summed E-state index contributed by atoms with van der Waals surface area (Å²) in [6.45, 7) is 1.32. The first-order valence-corrected chi connectivity index (χ1v) is 9.44. The van der Waals surface area contributed by atoms with E-state index in [4.69, 9.17) is 0 Å². The molecule has 2 aromatic heterocycles. The van der Waals surface area contributed by atoms with Crippen molar-refractivity contribution in [2.45, 2.75) is 13.3 Å². The molecule has 4 rings (SSSR count). The Morgan fingerprint density at radius 3 is 2.10 bits per heavy atom. The van der Waals surface area contributed by atoms with Gasteiger partial charge in [0, 0.05) is 18.1 Å². The number of aliphatic imine (C=N–C) groups is 1. The Balaban J connectivity index is 1.82. The van der Waals surface area contributed by atoms with Crippen molar-refractivity contribution in [3.8, 4) is 5.82 Å². The second-order valence-corrected chi connectivity index (χ2v) is 6.67. The number of benzene rings is 2. The van der Waals surface area contributed by atoms with Crippen LogP contribution in [-0.2, 0) is 0 Å². The number of ketones is 1. The van der Waals surface area contributed by atoms with Gasteiger partial charge in [-0.05, 0) is 6.07 Å². The van der Waals surface area contributed by atoms with Crippen LogP contribution < -0.4 is 0 Å². The summed E-state index contributed by atoms with van der Waals surface area (Å²) in [5, 5.41) is 7.82. The molecular weight excluding hydrogens is 400 g/mol. The van der Waals surface area contributed by atoms with Gasteiger partial charge in [-0.3, -0.25) is 4.79 Å². The molecule has 8 heteroatoms. The molecule has 0 amide bonds. The summed E-state index contributed by atoms with van der Waals surface area (Å²) in [5.74, 6) is -0.469. The lowest BCUT2D eigenvalue weighted by Crippen LogP contribution is -2.08. The quantitative estimate of drug-likeness (QED) is 0.328. The molecular formula is C23H17F2N5O. The second kappa shape index (κ2) is 8.74. The van der Waals surface area contributed by atoms with Gasteiger partial charge in [-0.1, -0.05) is 60.7 Å². The zero-order chi connectivity index (χ0) is 21.8. The topological polar surface area (TPSA) is 73.0 Å². The molecule has 0 bridgehead atoms. The molecule has 0 unspecified atom stereocenters. The van der Waals surface area contributed by atoms with Crippen LogP contribution in [0, 0.1) is 0 Å². The molecule has 154 valence electrons. The fourth-order valence-corrected chi connectivity index (χ4v) is 3.00. The zero-order valence-corrected chi connectivity index (χ0v) is 16.5. The fourth-order valence-electron chi connectivity index (χ4n) is 3.00. The van der Waals surface area contributed by atoms with Gasteiger partial charge in [-0.2, -0.15) is 5.10 Å². The van der Waals surface area contributed by atoms with Gasteiger partial charge in [0.05, 0.1) is 29.4 Å². The van der Waals surface area contributed by atoms with E-state index in [0.29, 0.717) is 5.71 Å². The molecule has 0 spiro atoms. The van der Waals surface area contributed by atoms with E-state index < -0.39 is 6.43 Å². The highest BCUT2D eigenvalue weighted by Gasteiger charge is 2.19. The highest BCUT2D eigenvalue weighted by Crippen LogP contribution is 2.28. The predicted octanol–water partition coefficient (Wildman–Crippen LogP) is 4.97. The van der Waals surface area contributed by atoms with E-state index in [2.05, 4.69) is 20.2 Å². The average Bonchev–Trinajstić information content (AvgIpc) is 3.29. The average molecular weight is 417 g/mol. The summed E-state index contributed by atoms with van der Waals surface area (Å²) in [5.41, 5.74) is 2.27. The van der Waals surface area contributed by atoms with Crippen LogP contribution in [0.1, 0.15) is 40.5 Å². The first kappa shape index (κ1) is 20.2. The molecule has 2 heterocycles. The maximum Gasteiger partial charge on any atom is 0.267 e. The van der Waals surface area contributed by atoms with Crippen LogP contribution in [0.4, 0.5) is 14.5 Å². The molecule has 0 atom stereocenters. The number of carbonyl (C=O) groups excluding carboxylic acids is 1. The number of hydrogen-bond acceptors (Lipinski definition) is 5. The minimum Gasteiger partial charge on any atom is -0.293 e. The van der Waals surface area contributed by atoms with E-state index in [1.165, 1.54) is 25.4 Å². The van der Waals surface area contributed by atoms with Crippen LogP contribution in [0.15, 0.2) is 84.1 Å². The molecule has 6 nitrogen and oxygen atoms in total. The smallest absolute Gasteiger partial charge is 0.267 e. The Labute approximate surface area is 176 Å². The molecule has 31 heavy (non-hydrogen) atoms. The van der Waals surface area contributed by atoms with Gasteiger partial charge < -0.3 is 0 Å². The van der Waals surface area contributed by atoms with Gasteiger partial charge in [0.25, 0.3) is 6.43 Å². The minimum absolute atomic E-state index is 0.0690. The van der Waals surface area contributed by atoms with Crippen LogP contribution in [0.5, 0.6) is 0 Å². The summed E-state index contributed by atoms with van der Waals surface area (Å²) in [6, 6.07) is 20.2. The van der Waals surface area contributed by atoms with Gasteiger partial charge in [-0.25, -0.2) is 18.8 Å². The van der Waals surface area contributed by atoms with Gasteiger partial charge in [0.15, 0.2) is 11.6 Å². The van der Waals surface area contributed by atoms with Crippen LogP contribution in [0.2, 0.25) is 0 Å². The monoisotopic (exact) mass is 417 g/mol. The SMILES string of the molecule is CC(=O)c1cnn(-c2ncc(N=C(c3ccccc3)c3ccccc3)cc2C(F)F)n1. The van der Waals surface area contributed by atoms with Crippen molar-refractivity contribution in [2.24, 2.45) is 4.99 Å². The third kappa shape index (κ3) is 4.42. The number of nitrogens with zero attached hydrogens (tertiary/aromatic N) is 5. The minimum atomic E-state index is -2.83. The molecule has 0 saturated carbocycles. The van der Waals surface area contributed by atoms with Gasteiger partial charge >= 0.3 is 0 Å². The number of pyridine rings is 1. The largest absolute Gasteiger partial charge is 0.293 e. The molecule has 0 aliphatic rings. The normalized spacial score (nSPS) is 10.8. The Kier molecular flexibility index (Phi) is 5.70. The zero-order valence-electron chi connectivity index (χ0n) is 16.5. The number of aromatic nitrogens is 4. The fraction of sp³-hybridized carbons (Fsp3) is 0.0870. The molecule has 0 radical (unpaired) electrons. The molecule has 0 fully saturated rings. The van der Waals surface area contributed by atoms with Crippen molar-refractivity contribution >= 4 is 17.2 Å². The molecule has 0 saturated heterocycles. The highest BCUT2D eigenvalue weighted by atomic mass is 19.3. The number of halogens is 2. The van der Waals surface area contributed by atoms with Crippen molar-refractivity contribution in [1.29, 1.82) is 0 Å². The molecule has 0 N–H and O–H groups in total. The van der Waals surface area contributed by atoms with Crippen molar-refractivity contribution in [2.75, 3.05) is 0 Å². The summed E-state index contributed by atoms with van der Waals surface area (Å²) in [4.78, 5) is 21.1. The van der Waals surface area contributed by atoms with Gasteiger partial charge in [0.2, 0.25) is 0 Å². The van der Waals surface area contributed by atoms with Gasteiger partial charge in [0.1, 0.15) is 5.69 Å². The lowest BCUT2D eigenvalue weighted by Gasteiger charge is -2.10. The lowest BCUT2D eigenvalue weighted by atomic mass is 10.0. The first-order chi connectivity index (χ1) is 15.0. The van der Waals surface area contributed by atoms with E-state index in [9.17, 15) is 13.6 Å². The number of hydrogen-bond donors (Lipinski definition) is 0. The van der Waals surface area contributed by atoms with E-state index in [0.717, 1.165) is 15.9 Å². The van der Waals surface area contributed by atoms with Crippen LogP contribution in [0.3, 0.4) is 0 Å². The second-order valence-electron chi connectivity index (χ2n) is 6.67. The van der Waals surface area contributed by atoms with E-state index in [1.807, 2.05) is 60.7 Å². The summed E-state index contributed by atoms with van der Waals surface area (Å²) in [6.07, 6.45) is -0.237. The summed E-state index contributed by atoms with van der Waals surface area (Å²) < 4.78 is 27.6. The summed E-state index contributed by atoms with van der Waals surface area (Å²) >= 11 is 0. The van der Waals surface area contributed by atoms with E-state index in [1.54, 1.807) is 0 Å². The third-order valence-electron chi connectivity index (χ3n) is 4.49. The number of Topliss-reactive ketones (excluding diaryl/α,β-unsaturated/α-hetero) is 1. The third-order valence-corrected chi connectivity index (χ3v) is 4.49. The molecule has 0 aliphatic heterocycles. The Hall–Kier alpha value is -4.07. The number of carbonyl (C=O) groups is 1. The maximum atomic E-state index is 13.8. The van der Waals surface area contributed by atoms with Crippen LogP contribution in [-0.4, -0.2) is 31.5 Å². The van der Waals surface area contributed by atoms with Crippen LogP contribution >= 0.6 is 0 Å². The standard InChI is InChI=1S/C23H17F2N5O/c1-15(31)20-14-27-30(29-20)23-19(22(24)25)12-18(13-26-23)28-21(16-8-4-2-5-9-16)17-10-6-3-7-11-17/h2-14,22H,1H3. The van der Waals surface area contributed by atoms with Gasteiger partial charge in [-0.15, -0.1) is 9.90 Å². The Bertz CT molecular complexity index is 1200. The Morgan fingerprint density at radius 2 is 1.58 bits per heavy atom. The maximum absolute atomic E-state index is 13.8. The van der Waals surface area contributed by atoms with Crippen molar-refractivity contribution in [3.63, 3.8) is 0 Å². The molecule has 2 aromatic carbocycles. The Morgan fingerprint density at radius 1 is 0.968 bits per heavy atom. The highest BCUT2D eigenvalue weighted by molar-refractivity contribution is 6.13. The van der Waals surface area contributed by atoms with E-state index >= 15 is 0 Å².